The molecule has 0 unspecified atom stereocenters. The normalized spacial score (nSPS) is 23.8. The number of aryl methyl sites for hydroxylation is 1. The topological polar surface area (TPSA) is 32.7 Å². The summed E-state index contributed by atoms with van der Waals surface area (Å²) in [5, 5.41) is 1.55. The number of carbonyl (C=O) groups is 1. The quantitative estimate of drug-likeness (QED) is 0.336. The van der Waals surface area contributed by atoms with Crippen LogP contribution in [0.25, 0.3) is 0 Å². The molecule has 39 heavy (non-hydrogen) atoms. The minimum absolute atomic E-state index is 0.153. The minimum atomic E-state index is -0.274. The SMILES string of the molecule is Cc1cccc(C(=O)N2C(c3ccccc3P(C3CCCCC3)C3CCCCC3)=NC[C@H]2C2CCCCC2)c1. The summed E-state index contributed by atoms with van der Waals surface area (Å²) in [6, 6.07) is 17.6. The van der Waals surface area contributed by atoms with E-state index < -0.39 is 0 Å². The highest BCUT2D eigenvalue weighted by Crippen LogP contribution is 2.55. The van der Waals surface area contributed by atoms with Crippen LogP contribution in [0.15, 0.2) is 53.5 Å². The van der Waals surface area contributed by atoms with E-state index in [1.807, 2.05) is 12.1 Å². The molecule has 0 saturated heterocycles. The van der Waals surface area contributed by atoms with Crippen molar-refractivity contribution in [1.29, 1.82) is 0 Å². The maximum atomic E-state index is 14.4. The van der Waals surface area contributed by atoms with Crippen LogP contribution in [0.4, 0.5) is 0 Å². The van der Waals surface area contributed by atoms with Gasteiger partial charge in [0.25, 0.3) is 5.91 Å². The van der Waals surface area contributed by atoms with Crippen molar-refractivity contribution in [3.8, 4) is 0 Å². The van der Waals surface area contributed by atoms with Gasteiger partial charge in [0.2, 0.25) is 0 Å². The third-order valence-corrected chi connectivity index (χ3v) is 13.6. The predicted octanol–water partition coefficient (Wildman–Crippen LogP) is 8.62. The number of hydrogen-bond donors (Lipinski definition) is 0. The van der Waals surface area contributed by atoms with Crippen LogP contribution < -0.4 is 5.30 Å². The molecule has 0 radical (unpaired) electrons. The molecule has 1 amide bonds. The van der Waals surface area contributed by atoms with E-state index in [2.05, 4.69) is 48.2 Å². The van der Waals surface area contributed by atoms with Gasteiger partial charge in [0.1, 0.15) is 5.84 Å². The van der Waals surface area contributed by atoms with Crippen LogP contribution in [0, 0.1) is 12.8 Å². The Balaban J connectivity index is 1.40. The van der Waals surface area contributed by atoms with Gasteiger partial charge in [-0.3, -0.25) is 14.7 Å². The molecule has 3 saturated carbocycles. The maximum absolute atomic E-state index is 14.4. The Morgan fingerprint density at radius 2 is 1.38 bits per heavy atom. The molecule has 0 bridgehead atoms. The van der Waals surface area contributed by atoms with E-state index in [9.17, 15) is 4.79 Å². The lowest BCUT2D eigenvalue weighted by molar-refractivity contribution is 0.0766. The summed E-state index contributed by atoms with van der Waals surface area (Å²) >= 11 is 0. The fourth-order valence-electron chi connectivity index (χ4n) is 8.05. The zero-order valence-electron chi connectivity index (χ0n) is 24.0. The van der Waals surface area contributed by atoms with Crippen molar-refractivity contribution in [2.24, 2.45) is 10.9 Å². The molecular formula is C35H47N2OP. The lowest BCUT2D eigenvalue weighted by atomic mass is 9.83. The van der Waals surface area contributed by atoms with Crippen molar-refractivity contribution in [1.82, 2.24) is 4.90 Å². The summed E-state index contributed by atoms with van der Waals surface area (Å²) in [6.07, 6.45) is 20.3. The monoisotopic (exact) mass is 542 g/mol. The Hall–Kier alpha value is -1.99. The van der Waals surface area contributed by atoms with Crippen LogP contribution in [0.1, 0.15) is 118 Å². The van der Waals surface area contributed by atoms with Gasteiger partial charge in [-0.1, -0.05) is 108 Å². The van der Waals surface area contributed by atoms with Gasteiger partial charge in [-0.15, -0.1) is 0 Å². The zero-order chi connectivity index (χ0) is 26.6. The molecule has 0 spiro atoms. The second kappa shape index (κ2) is 12.7. The second-order valence-electron chi connectivity index (χ2n) is 12.7. The summed E-state index contributed by atoms with van der Waals surface area (Å²) < 4.78 is 0. The highest BCUT2D eigenvalue weighted by Gasteiger charge is 2.41. The van der Waals surface area contributed by atoms with E-state index in [1.165, 1.54) is 102 Å². The number of nitrogens with zero attached hydrogens (tertiary/aromatic N) is 2. The van der Waals surface area contributed by atoms with Crippen molar-refractivity contribution in [2.75, 3.05) is 6.54 Å². The number of carbonyl (C=O) groups excluding carboxylic acids is 1. The van der Waals surface area contributed by atoms with E-state index in [0.29, 0.717) is 5.92 Å². The molecule has 3 fully saturated rings. The van der Waals surface area contributed by atoms with Crippen LogP contribution in [-0.4, -0.2) is 40.5 Å². The van der Waals surface area contributed by atoms with Gasteiger partial charge in [-0.05, 0) is 80.1 Å². The van der Waals surface area contributed by atoms with Gasteiger partial charge in [0, 0.05) is 11.1 Å². The smallest absolute Gasteiger partial charge is 0.259 e. The lowest BCUT2D eigenvalue weighted by Crippen LogP contribution is -2.47. The third kappa shape index (κ3) is 5.90. The van der Waals surface area contributed by atoms with Crippen molar-refractivity contribution in [3.05, 3.63) is 65.2 Å². The Morgan fingerprint density at radius 1 is 0.769 bits per heavy atom. The van der Waals surface area contributed by atoms with Crippen LogP contribution in [0.3, 0.4) is 0 Å². The van der Waals surface area contributed by atoms with E-state index in [1.54, 1.807) is 5.30 Å². The highest BCUT2D eigenvalue weighted by molar-refractivity contribution is 7.67. The van der Waals surface area contributed by atoms with Gasteiger partial charge >= 0.3 is 0 Å². The summed E-state index contributed by atoms with van der Waals surface area (Å²) in [5.41, 5.74) is 4.89. The van der Waals surface area contributed by atoms with E-state index >= 15 is 0 Å². The number of rotatable bonds is 6. The molecule has 1 heterocycles. The molecule has 4 aliphatic rings. The van der Waals surface area contributed by atoms with Crippen LogP contribution >= 0.6 is 7.92 Å². The third-order valence-electron chi connectivity index (χ3n) is 10.0. The summed E-state index contributed by atoms with van der Waals surface area (Å²) in [6.45, 7) is 2.85. The Kier molecular flexibility index (Phi) is 8.84. The number of amides is 1. The standard InChI is InChI=1S/C35H47N2OP/c1-26-14-13-17-28(24-26)35(38)37-32(27-15-5-2-6-16-27)25-36-34(37)31-22-11-12-23-33(31)39(29-18-7-3-8-19-29)30-20-9-4-10-21-30/h11-14,17,22-24,27,29-30,32H,2-10,15-16,18-21,25H2,1H3/t32-/m0/s1. The predicted molar refractivity (Wildman–Crippen MR) is 166 cm³/mol. The molecule has 3 nitrogen and oxygen atoms in total. The lowest BCUT2D eigenvalue weighted by Gasteiger charge is -2.40. The molecular weight excluding hydrogens is 495 g/mol. The largest absolute Gasteiger partial charge is 0.287 e. The fourth-order valence-corrected chi connectivity index (χ4v) is 12.0. The first-order chi connectivity index (χ1) is 19.2. The molecule has 2 aromatic rings. The average molecular weight is 543 g/mol. The van der Waals surface area contributed by atoms with Crippen LogP contribution in [0.2, 0.25) is 0 Å². The molecule has 3 aliphatic carbocycles. The summed E-state index contributed by atoms with van der Waals surface area (Å²) in [5.74, 6) is 1.69. The first-order valence-electron chi connectivity index (χ1n) is 16.0. The number of hydrogen-bond acceptors (Lipinski definition) is 2. The number of amidine groups is 1. The summed E-state index contributed by atoms with van der Waals surface area (Å²) in [4.78, 5) is 21.8. The zero-order valence-corrected chi connectivity index (χ0v) is 24.9. The molecule has 208 valence electrons. The molecule has 6 rings (SSSR count). The van der Waals surface area contributed by atoms with Crippen LogP contribution in [-0.2, 0) is 0 Å². The molecule has 0 N–H and O–H groups in total. The molecule has 4 heteroatoms. The highest BCUT2D eigenvalue weighted by atomic mass is 31.1. The maximum Gasteiger partial charge on any atom is 0.259 e. The first-order valence-corrected chi connectivity index (χ1v) is 17.5. The van der Waals surface area contributed by atoms with E-state index in [-0.39, 0.29) is 19.9 Å². The fraction of sp³-hybridized carbons (Fsp3) is 0.600. The Labute approximate surface area is 237 Å². The molecule has 0 aromatic heterocycles. The van der Waals surface area contributed by atoms with Gasteiger partial charge in [-0.2, -0.15) is 0 Å². The van der Waals surface area contributed by atoms with Crippen molar-refractivity contribution < 1.29 is 4.79 Å². The minimum Gasteiger partial charge on any atom is -0.287 e. The van der Waals surface area contributed by atoms with Gasteiger partial charge in [-0.25, -0.2) is 0 Å². The second-order valence-corrected chi connectivity index (χ2v) is 15.4. The molecule has 2 aromatic carbocycles. The van der Waals surface area contributed by atoms with E-state index in [0.717, 1.165) is 34.8 Å². The van der Waals surface area contributed by atoms with Gasteiger partial charge < -0.3 is 0 Å². The Morgan fingerprint density at radius 3 is 2.03 bits per heavy atom. The van der Waals surface area contributed by atoms with Crippen LogP contribution in [0.5, 0.6) is 0 Å². The Bertz CT molecular complexity index is 1140. The average Bonchev–Trinajstić information content (AvgIpc) is 3.44. The van der Waals surface area contributed by atoms with Gasteiger partial charge in [0.15, 0.2) is 0 Å². The number of aliphatic imine (C=N–C) groups is 1. The summed E-state index contributed by atoms with van der Waals surface area (Å²) in [7, 11) is -0.274. The molecule has 1 aliphatic heterocycles. The van der Waals surface area contributed by atoms with Gasteiger partial charge in [0.05, 0.1) is 12.6 Å². The van der Waals surface area contributed by atoms with Crippen molar-refractivity contribution in [3.63, 3.8) is 0 Å². The first kappa shape index (κ1) is 27.2. The number of benzene rings is 2. The van der Waals surface area contributed by atoms with Crippen molar-refractivity contribution >= 4 is 25.0 Å². The molecule has 1 atom stereocenters. The van der Waals surface area contributed by atoms with E-state index in [4.69, 9.17) is 4.99 Å². The van der Waals surface area contributed by atoms with Crippen molar-refractivity contribution in [2.45, 2.75) is 121 Å².